The van der Waals surface area contributed by atoms with Gasteiger partial charge in [0.05, 0.1) is 35.2 Å². The number of hydrogen-bond donors (Lipinski definition) is 2. The second-order valence-corrected chi connectivity index (χ2v) is 16.1. The third kappa shape index (κ3) is 5.14. The molecule has 4 heterocycles. The van der Waals surface area contributed by atoms with Gasteiger partial charge in [0.15, 0.2) is 0 Å². The van der Waals surface area contributed by atoms with Gasteiger partial charge in [-0.25, -0.2) is 4.90 Å². The molecule has 0 unspecified atom stereocenters. The maximum atomic E-state index is 15.0. The first kappa shape index (κ1) is 35.0. The monoisotopic (exact) mass is 756 g/mol. The number of likely N-dealkylation sites (tertiary alicyclic amines) is 1. The van der Waals surface area contributed by atoms with Crippen molar-refractivity contribution in [1.29, 1.82) is 0 Å². The van der Waals surface area contributed by atoms with Gasteiger partial charge in [-0.3, -0.25) is 33.6 Å². The molecule has 0 spiro atoms. The number of allylic oxidation sites excluding steroid dienone is 2. The minimum absolute atomic E-state index is 0.0133. The van der Waals surface area contributed by atoms with E-state index in [1.165, 1.54) is 22.8 Å². The van der Waals surface area contributed by atoms with E-state index in [2.05, 4.69) is 0 Å². The molecule has 2 aromatic carbocycles. The quantitative estimate of drug-likeness (QED) is 0.161. The van der Waals surface area contributed by atoms with Crippen molar-refractivity contribution in [2.45, 2.75) is 45.4 Å². The molecule has 53 heavy (non-hydrogen) atoms. The summed E-state index contributed by atoms with van der Waals surface area (Å²) in [4.78, 5) is 72.0. The summed E-state index contributed by atoms with van der Waals surface area (Å²) in [6.07, 6.45) is 2.21. The van der Waals surface area contributed by atoms with E-state index >= 15 is 4.79 Å². The van der Waals surface area contributed by atoms with Gasteiger partial charge < -0.3 is 14.9 Å². The number of hydrogen-bond acceptors (Lipinski definition) is 9. The lowest BCUT2D eigenvalue weighted by Gasteiger charge is -2.49. The van der Waals surface area contributed by atoms with Crippen LogP contribution in [0.4, 0.5) is 5.82 Å². The van der Waals surface area contributed by atoms with Crippen LogP contribution in [0.2, 0.25) is 5.02 Å². The number of phenols is 1. The lowest BCUT2D eigenvalue weighted by molar-refractivity contribution is -0.142. The summed E-state index contributed by atoms with van der Waals surface area (Å²) in [6.45, 7) is 3.72. The van der Waals surface area contributed by atoms with Crippen LogP contribution in [0.3, 0.4) is 0 Å². The van der Waals surface area contributed by atoms with Gasteiger partial charge in [-0.05, 0) is 86.4 Å². The Hall–Kier alpha value is -5.01. The number of carboxylic acid groups (broad SMARTS) is 1. The number of anilines is 1. The number of fused-ring (bicyclic) bond motifs is 5. The summed E-state index contributed by atoms with van der Waals surface area (Å²) < 4.78 is 8.08. The number of ether oxygens (including phenoxy) is 1. The molecule has 2 N–H and O–H groups in total. The zero-order valence-electron chi connectivity index (χ0n) is 29.5. The molecule has 2 aliphatic carbocycles. The number of aromatic nitrogens is 2. The number of carboxylic acids is 1. The number of thiophene rings is 1. The molecule has 4 amide bonds. The van der Waals surface area contributed by atoms with E-state index < -0.39 is 58.7 Å². The summed E-state index contributed by atoms with van der Waals surface area (Å²) in [5, 5.41) is 26.9. The van der Waals surface area contributed by atoms with Crippen LogP contribution in [0.25, 0.3) is 20.7 Å². The molecular weight excluding hydrogens is 720 g/mol. The van der Waals surface area contributed by atoms with Crippen molar-refractivity contribution in [3.8, 4) is 22.1 Å². The van der Waals surface area contributed by atoms with Gasteiger partial charge in [0, 0.05) is 47.3 Å². The van der Waals surface area contributed by atoms with E-state index in [0.29, 0.717) is 27.8 Å². The summed E-state index contributed by atoms with van der Waals surface area (Å²) in [5.74, 6) is -5.85. The number of aryl methyl sites for hydroxylation is 2. The van der Waals surface area contributed by atoms with Crippen molar-refractivity contribution in [1.82, 2.24) is 14.7 Å². The number of carbonyl (C=O) groups is 5. The van der Waals surface area contributed by atoms with Gasteiger partial charge in [-0.1, -0.05) is 23.3 Å². The van der Waals surface area contributed by atoms with Gasteiger partial charge >= 0.3 is 5.97 Å². The van der Waals surface area contributed by atoms with Gasteiger partial charge in [0.25, 0.3) is 0 Å². The molecule has 8 rings (SSSR count). The van der Waals surface area contributed by atoms with Crippen molar-refractivity contribution < 1.29 is 38.9 Å². The molecule has 6 atom stereocenters. The molecule has 0 bridgehead atoms. The molecule has 3 fully saturated rings. The standard InChI is InChI=1S/C39H37ClN4O8S/c1-18-23-14-19(40)7-12-29(23)53-34(18)27-17-30(42(3)41-27)44-36(49)26-16-24-21(9-10-22-32(24)37(50)43(35(22)48)13-5-6-31(46)47)33(39(26,2)38(44)51)25-15-20(52-4)8-11-28(25)45/h7-9,11-12,14-15,17,22,24,26,32-33,45H,5-6,10,13,16H2,1-4H3,(H,46,47)/t22-,24+,26-,32-,33+,39+/m0/s1. The fraction of sp³-hybridized carbons (Fsp3) is 0.385. The highest BCUT2D eigenvalue weighted by molar-refractivity contribution is 7.22. The molecular formula is C39H37ClN4O8S. The maximum absolute atomic E-state index is 15.0. The smallest absolute Gasteiger partial charge is 0.303 e. The van der Waals surface area contributed by atoms with Crippen LogP contribution >= 0.6 is 22.9 Å². The first-order chi connectivity index (χ1) is 25.3. The molecule has 4 aromatic rings. The number of rotatable bonds is 8. The Morgan fingerprint density at radius 1 is 1.08 bits per heavy atom. The Balaban J connectivity index is 1.23. The second-order valence-electron chi connectivity index (χ2n) is 14.6. The topological polar surface area (TPSA) is 159 Å². The highest BCUT2D eigenvalue weighted by Gasteiger charge is 2.68. The summed E-state index contributed by atoms with van der Waals surface area (Å²) in [7, 11) is 3.18. The Kier molecular flexibility index (Phi) is 8.30. The van der Waals surface area contributed by atoms with Crippen molar-refractivity contribution in [2.24, 2.45) is 36.1 Å². The number of methoxy groups -OCH3 is 1. The van der Waals surface area contributed by atoms with Crippen LogP contribution < -0.4 is 9.64 Å². The van der Waals surface area contributed by atoms with Crippen LogP contribution in [-0.2, 0) is 31.0 Å². The predicted octanol–water partition coefficient (Wildman–Crippen LogP) is 6.07. The SMILES string of the molecule is COc1ccc(O)c([C@H]2C3=CC[C@@H]4C(=O)N(CCCC(=O)O)C(=O)[C@@H]4[C@@H]3C[C@H]3C(=O)N(c4cc(-c5sc6ccc(Cl)cc6c5C)nn4C)C(=O)[C@@]23C)c1. The number of aliphatic carboxylic acids is 1. The van der Waals surface area contributed by atoms with E-state index in [1.807, 2.05) is 31.2 Å². The number of aromatic hydroxyl groups is 1. The number of carbonyl (C=O) groups excluding carboxylic acids is 4. The fourth-order valence-electron chi connectivity index (χ4n) is 9.36. The van der Waals surface area contributed by atoms with E-state index in [0.717, 1.165) is 31.0 Å². The van der Waals surface area contributed by atoms with Crippen molar-refractivity contribution in [2.75, 3.05) is 18.6 Å². The summed E-state index contributed by atoms with van der Waals surface area (Å²) in [6, 6.07) is 12.2. The molecule has 14 heteroatoms. The average Bonchev–Trinajstić information content (AvgIpc) is 3.79. The normalized spacial score (nSPS) is 26.6. The third-order valence-electron chi connectivity index (χ3n) is 11.9. The lowest BCUT2D eigenvalue weighted by atomic mass is 9.51. The average molecular weight is 757 g/mol. The first-order valence-corrected chi connectivity index (χ1v) is 18.7. The van der Waals surface area contributed by atoms with Crippen LogP contribution in [0, 0.1) is 36.0 Å². The van der Waals surface area contributed by atoms with Gasteiger partial charge in [-0.15, -0.1) is 11.3 Å². The predicted molar refractivity (Wildman–Crippen MR) is 197 cm³/mol. The van der Waals surface area contributed by atoms with E-state index in [4.69, 9.17) is 26.5 Å². The Bertz CT molecular complexity index is 2310. The number of nitrogens with zero attached hydrogens (tertiary/aromatic N) is 4. The number of amides is 4. The molecule has 2 aromatic heterocycles. The molecule has 12 nitrogen and oxygen atoms in total. The second kappa shape index (κ2) is 12.6. The lowest BCUT2D eigenvalue weighted by Crippen LogP contribution is -2.49. The van der Waals surface area contributed by atoms with Gasteiger partial charge in [0.2, 0.25) is 23.6 Å². The zero-order chi connectivity index (χ0) is 37.7. The molecule has 0 radical (unpaired) electrons. The third-order valence-corrected chi connectivity index (χ3v) is 13.4. The summed E-state index contributed by atoms with van der Waals surface area (Å²) in [5.41, 5.74) is 1.28. The van der Waals surface area contributed by atoms with Crippen LogP contribution in [0.1, 0.15) is 49.7 Å². The molecule has 274 valence electrons. The van der Waals surface area contributed by atoms with Gasteiger partial charge in [-0.2, -0.15) is 5.10 Å². The van der Waals surface area contributed by atoms with Crippen molar-refractivity contribution >= 4 is 68.4 Å². The van der Waals surface area contributed by atoms with Crippen LogP contribution in [0.5, 0.6) is 11.5 Å². The van der Waals surface area contributed by atoms with Crippen molar-refractivity contribution in [3.05, 3.63) is 70.3 Å². The van der Waals surface area contributed by atoms with Crippen LogP contribution in [0.15, 0.2) is 54.1 Å². The maximum Gasteiger partial charge on any atom is 0.303 e. The molecule has 2 aliphatic heterocycles. The minimum Gasteiger partial charge on any atom is -0.508 e. The van der Waals surface area contributed by atoms with Gasteiger partial charge in [0.1, 0.15) is 23.0 Å². The fourth-order valence-corrected chi connectivity index (χ4v) is 10.7. The summed E-state index contributed by atoms with van der Waals surface area (Å²) >= 11 is 7.84. The molecule has 2 saturated heterocycles. The number of halogens is 1. The van der Waals surface area contributed by atoms with Crippen molar-refractivity contribution in [3.63, 3.8) is 0 Å². The zero-order valence-corrected chi connectivity index (χ0v) is 31.0. The highest BCUT2D eigenvalue weighted by atomic mass is 35.5. The van der Waals surface area contributed by atoms with E-state index in [-0.39, 0.29) is 43.9 Å². The first-order valence-electron chi connectivity index (χ1n) is 17.5. The molecule has 1 saturated carbocycles. The minimum atomic E-state index is -1.39. The Labute approximate surface area is 313 Å². The highest BCUT2D eigenvalue weighted by Crippen LogP contribution is 2.64. The largest absolute Gasteiger partial charge is 0.508 e. The van der Waals surface area contributed by atoms with Crippen LogP contribution in [-0.4, -0.2) is 68.1 Å². The Morgan fingerprint density at radius 2 is 1.85 bits per heavy atom. The molecule has 4 aliphatic rings. The Morgan fingerprint density at radius 3 is 2.58 bits per heavy atom. The van der Waals surface area contributed by atoms with E-state index in [9.17, 15) is 24.3 Å². The van der Waals surface area contributed by atoms with E-state index in [1.54, 1.807) is 43.5 Å². The number of imide groups is 2. The number of phenolic OH excluding ortho intramolecular Hbond substituents is 1. The number of benzene rings is 2.